The van der Waals surface area contributed by atoms with E-state index in [2.05, 4.69) is 0 Å². The van der Waals surface area contributed by atoms with Gasteiger partial charge in [0.25, 0.3) is 0 Å². The molecule has 1 aromatic carbocycles. The van der Waals surface area contributed by atoms with Gasteiger partial charge < -0.3 is 14.6 Å². The summed E-state index contributed by atoms with van der Waals surface area (Å²) in [5, 5.41) is 17.5. The van der Waals surface area contributed by atoms with Gasteiger partial charge in [-0.25, -0.2) is 9.59 Å². The average molecular weight is 258 g/mol. The lowest BCUT2D eigenvalue weighted by atomic mass is 10.2. The highest BCUT2D eigenvalue weighted by Gasteiger charge is 2.16. The number of carboxylic acid groups (broad SMARTS) is 2. The predicted octanol–water partition coefficient (Wildman–Crippen LogP) is 2.50. The van der Waals surface area contributed by atoms with E-state index in [-0.39, 0.29) is 5.76 Å². The smallest absolute Gasteiger partial charge is 0.343 e. The van der Waals surface area contributed by atoms with E-state index in [4.69, 9.17) is 14.6 Å². The highest BCUT2D eigenvalue weighted by molar-refractivity contribution is 6.16. The molecule has 0 saturated carbocycles. The van der Waals surface area contributed by atoms with Crippen molar-refractivity contribution in [3.05, 3.63) is 53.8 Å². The highest BCUT2D eigenvalue weighted by atomic mass is 16.4. The van der Waals surface area contributed by atoms with Gasteiger partial charge in [0.2, 0.25) is 0 Å². The van der Waals surface area contributed by atoms with Crippen LogP contribution in [0.2, 0.25) is 0 Å². The van der Waals surface area contributed by atoms with Crippen LogP contribution in [0.25, 0.3) is 17.4 Å². The van der Waals surface area contributed by atoms with Gasteiger partial charge in [0.1, 0.15) is 17.1 Å². The van der Waals surface area contributed by atoms with Crippen LogP contribution in [0.4, 0.5) is 0 Å². The second-order valence-corrected chi connectivity index (χ2v) is 3.74. The Labute approximate surface area is 108 Å². The third-order valence-electron chi connectivity index (χ3n) is 2.43. The van der Waals surface area contributed by atoms with Crippen molar-refractivity contribution in [2.75, 3.05) is 0 Å². The van der Waals surface area contributed by atoms with Crippen LogP contribution in [0.5, 0.6) is 0 Å². The van der Waals surface area contributed by atoms with Crippen molar-refractivity contribution in [1.29, 1.82) is 0 Å². The molecule has 0 fully saturated rings. The first-order valence-corrected chi connectivity index (χ1v) is 5.41. The van der Waals surface area contributed by atoms with Gasteiger partial charge in [0.15, 0.2) is 0 Å². The van der Waals surface area contributed by atoms with Crippen LogP contribution in [-0.4, -0.2) is 22.2 Å². The number of carbonyl (C=O) groups is 2. The number of hydrogen-bond acceptors (Lipinski definition) is 3. The summed E-state index contributed by atoms with van der Waals surface area (Å²) in [6.07, 6.45) is 0.983. The molecule has 0 aliphatic carbocycles. The molecule has 0 aliphatic rings. The Hall–Kier alpha value is -2.82. The third-order valence-corrected chi connectivity index (χ3v) is 2.43. The van der Waals surface area contributed by atoms with Crippen molar-refractivity contribution in [2.45, 2.75) is 0 Å². The van der Waals surface area contributed by atoms with Crippen LogP contribution in [0.15, 0.2) is 52.5 Å². The molecule has 0 spiro atoms. The molecule has 1 heterocycles. The monoisotopic (exact) mass is 258 g/mol. The van der Waals surface area contributed by atoms with Gasteiger partial charge in [-0.15, -0.1) is 0 Å². The van der Waals surface area contributed by atoms with Gasteiger partial charge in [-0.1, -0.05) is 30.3 Å². The third kappa shape index (κ3) is 2.90. The first-order valence-electron chi connectivity index (χ1n) is 5.41. The summed E-state index contributed by atoms with van der Waals surface area (Å²) < 4.78 is 5.40. The van der Waals surface area contributed by atoms with E-state index in [9.17, 15) is 9.59 Å². The molecule has 0 amide bonds. The summed E-state index contributed by atoms with van der Waals surface area (Å²) in [6.45, 7) is 0. The van der Waals surface area contributed by atoms with Gasteiger partial charge >= 0.3 is 11.9 Å². The van der Waals surface area contributed by atoms with E-state index in [1.165, 1.54) is 6.07 Å². The molecule has 0 saturated heterocycles. The summed E-state index contributed by atoms with van der Waals surface area (Å²) in [6, 6.07) is 12.4. The lowest BCUT2D eigenvalue weighted by Crippen LogP contribution is -2.10. The maximum Gasteiger partial charge on any atom is 0.343 e. The summed E-state index contributed by atoms with van der Waals surface area (Å²) in [5.41, 5.74) is 0.0864. The first-order chi connectivity index (χ1) is 9.08. The molecule has 5 heteroatoms. The number of benzene rings is 1. The topological polar surface area (TPSA) is 87.7 Å². The predicted molar refractivity (Wildman–Crippen MR) is 67.4 cm³/mol. The zero-order valence-corrected chi connectivity index (χ0v) is 9.74. The van der Waals surface area contributed by atoms with Gasteiger partial charge in [-0.2, -0.15) is 0 Å². The molecule has 0 atom stereocenters. The van der Waals surface area contributed by atoms with E-state index in [1.807, 2.05) is 30.3 Å². The summed E-state index contributed by atoms with van der Waals surface area (Å²) >= 11 is 0. The van der Waals surface area contributed by atoms with E-state index in [0.717, 1.165) is 11.6 Å². The van der Waals surface area contributed by atoms with E-state index in [1.54, 1.807) is 6.07 Å². The Morgan fingerprint density at radius 1 is 0.947 bits per heavy atom. The van der Waals surface area contributed by atoms with Crippen molar-refractivity contribution < 1.29 is 24.2 Å². The summed E-state index contributed by atoms with van der Waals surface area (Å²) in [7, 11) is 0. The van der Waals surface area contributed by atoms with E-state index < -0.39 is 17.5 Å². The van der Waals surface area contributed by atoms with E-state index in [0.29, 0.717) is 5.76 Å². The summed E-state index contributed by atoms with van der Waals surface area (Å²) in [5.74, 6) is -2.30. The maximum absolute atomic E-state index is 10.7. The zero-order chi connectivity index (χ0) is 13.8. The highest BCUT2D eigenvalue weighted by Crippen LogP contribution is 2.23. The molecule has 1 aromatic heterocycles. The molecule has 96 valence electrons. The molecular formula is C14H10O5. The second-order valence-electron chi connectivity index (χ2n) is 3.74. The Kier molecular flexibility index (Phi) is 3.47. The van der Waals surface area contributed by atoms with Gasteiger partial charge in [0, 0.05) is 11.6 Å². The van der Waals surface area contributed by atoms with Gasteiger partial charge in [-0.05, 0) is 12.1 Å². The number of carboxylic acids is 2. The van der Waals surface area contributed by atoms with Crippen LogP contribution >= 0.6 is 0 Å². The quantitative estimate of drug-likeness (QED) is 0.499. The molecule has 5 nitrogen and oxygen atoms in total. The fourth-order valence-electron chi connectivity index (χ4n) is 1.55. The average Bonchev–Trinajstić information content (AvgIpc) is 2.85. The molecule has 2 rings (SSSR count). The summed E-state index contributed by atoms with van der Waals surface area (Å²) in [4.78, 5) is 21.5. The van der Waals surface area contributed by atoms with Crippen molar-refractivity contribution in [1.82, 2.24) is 0 Å². The molecular weight excluding hydrogens is 248 g/mol. The Balaban J connectivity index is 2.34. The number of hydrogen-bond donors (Lipinski definition) is 2. The molecule has 2 N–H and O–H groups in total. The van der Waals surface area contributed by atoms with Crippen molar-refractivity contribution in [3.8, 4) is 11.3 Å². The molecule has 0 bridgehead atoms. The second kappa shape index (κ2) is 5.22. The molecule has 2 aromatic rings. The minimum atomic E-state index is -1.51. The van der Waals surface area contributed by atoms with Crippen LogP contribution < -0.4 is 0 Å². The Morgan fingerprint density at radius 3 is 2.16 bits per heavy atom. The molecule has 0 aliphatic heterocycles. The fourth-order valence-corrected chi connectivity index (χ4v) is 1.55. The minimum Gasteiger partial charge on any atom is -0.477 e. The van der Waals surface area contributed by atoms with Crippen LogP contribution in [0.1, 0.15) is 5.76 Å². The molecule has 0 unspecified atom stereocenters. The van der Waals surface area contributed by atoms with Crippen molar-refractivity contribution in [3.63, 3.8) is 0 Å². The van der Waals surface area contributed by atoms with Crippen molar-refractivity contribution >= 4 is 18.0 Å². The largest absolute Gasteiger partial charge is 0.477 e. The number of aliphatic carboxylic acids is 2. The maximum atomic E-state index is 10.7. The lowest BCUT2D eigenvalue weighted by molar-refractivity contribution is -0.140. The lowest BCUT2D eigenvalue weighted by Gasteiger charge is -1.96. The van der Waals surface area contributed by atoms with Crippen LogP contribution in [0, 0.1) is 0 Å². The van der Waals surface area contributed by atoms with Gasteiger partial charge in [-0.3, -0.25) is 0 Å². The van der Waals surface area contributed by atoms with Gasteiger partial charge in [0.05, 0.1) is 0 Å². The molecule has 19 heavy (non-hydrogen) atoms. The standard InChI is InChI=1S/C14H10O5/c15-13(16)11(14(17)18)8-10-6-7-12(19-10)9-4-2-1-3-5-9/h1-8H,(H,15,16)(H,17,18). The fraction of sp³-hybridized carbons (Fsp3) is 0. The first kappa shape index (κ1) is 12.6. The SMILES string of the molecule is O=C(O)C(=Cc1ccc(-c2ccccc2)o1)C(=O)O. The number of rotatable bonds is 4. The van der Waals surface area contributed by atoms with E-state index >= 15 is 0 Å². The minimum absolute atomic E-state index is 0.179. The van der Waals surface area contributed by atoms with Crippen LogP contribution in [0.3, 0.4) is 0 Å². The number of furan rings is 1. The Morgan fingerprint density at radius 2 is 1.58 bits per heavy atom. The normalized spacial score (nSPS) is 9.89. The zero-order valence-electron chi connectivity index (χ0n) is 9.74. The molecule has 0 radical (unpaired) electrons. The Bertz CT molecular complexity index is 621. The van der Waals surface area contributed by atoms with Crippen LogP contribution in [-0.2, 0) is 9.59 Å². The van der Waals surface area contributed by atoms with Crippen molar-refractivity contribution in [2.24, 2.45) is 0 Å².